The standard InChI is InChI=1S/C28H48N6O6Si.H2S/c1-19(17-37-5)30-26(35)20-15-34(18-39-12-13-41(7,8)9)25-24(20)32-23(14-29-25)31-21-16-33(11-10-22(21)38-6)27(36)40-28(2,3)4;/h14-15,19,21-22H,10-13,16-18H2,1-9H3,(H,30,35)(H,31,32);1H2/t19-,21-,22+;/m0./s1. The second-order valence-electron chi connectivity index (χ2n) is 12.9. The third-order valence-electron chi connectivity index (χ3n) is 6.67. The quantitative estimate of drug-likeness (QED) is 0.265. The predicted octanol–water partition coefficient (Wildman–Crippen LogP) is 4.06. The summed E-state index contributed by atoms with van der Waals surface area (Å²) in [4.78, 5) is 37.2. The average molecular weight is 627 g/mol. The number of fused-ring (bicyclic) bond motifs is 1. The normalized spacial score (nSPS) is 18.4. The summed E-state index contributed by atoms with van der Waals surface area (Å²) in [6.45, 7) is 16.5. The van der Waals surface area contributed by atoms with Crippen molar-refractivity contribution < 1.29 is 28.5 Å². The van der Waals surface area contributed by atoms with E-state index in [1.165, 1.54) is 0 Å². The molecule has 3 atom stereocenters. The Hall–Kier alpha value is -2.39. The maximum atomic E-state index is 13.3. The molecular weight excluding hydrogens is 576 g/mol. The van der Waals surface area contributed by atoms with Gasteiger partial charge in [0.1, 0.15) is 23.7 Å². The monoisotopic (exact) mass is 626 g/mol. The van der Waals surface area contributed by atoms with Crippen LogP contribution in [-0.4, -0.2) is 104 Å². The smallest absolute Gasteiger partial charge is 0.410 e. The minimum atomic E-state index is -1.24. The van der Waals surface area contributed by atoms with Crippen LogP contribution in [0.2, 0.25) is 25.7 Å². The summed E-state index contributed by atoms with van der Waals surface area (Å²) in [7, 11) is 2.01. The van der Waals surface area contributed by atoms with E-state index in [0.29, 0.717) is 55.3 Å². The maximum Gasteiger partial charge on any atom is 0.410 e. The molecule has 14 heteroatoms. The van der Waals surface area contributed by atoms with Gasteiger partial charge in [-0.25, -0.2) is 14.8 Å². The van der Waals surface area contributed by atoms with Crippen LogP contribution >= 0.6 is 13.5 Å². The van der Waals surface area contributed by atoms with Crippen LogP contribution in [0.15, 0.2) is 12.4 Å². The van der Waals surface area contributed by atoms with Gasteiger partial charge in [0, 0.05) is 54.2 Å². The highest BCUT2D eigenvalue weighted by molar-refractivity contribution is 7.59. The molecule has 0 aliphatic carbocycles. The molecule has 0 saturated carbocycles. The molecule has 1 fully saturated rings. The van der Waals surface area contributed by atoms with Crippen LogP contribution in [0, 0.1) is 0 Å². The van der Waals surface area contributed by atoms with E-state index >= 15 is 0 Å². The molecule has 12 nitrogen and oxygen atoms in total. The van der Waals surface area contributed by atoms with Crippen molar-refractivity contribution in [1.29, 1.82) is 0 Å². The van der Waals surface area contributed by atoms with Crippen molar-refractivity contribution in [2.75, 3.05) is 45.8 Å². The van der Waals surface area contributed by atoms with Gasteiger partial charge in [-0.1, -0.05) is 19.6 Å². The van der Waals surface area contributed by atoms with E-state index in [1.54, 1.807) is 31.5 Å². The zero-order chi connectivity index (χ0) is 30.4. The fourth-order valence-electron chi connectivity index (χ4n) is 4.55. The van der Waals surface area contributed by atoms with Gasteiger partial charge in [0.15, 0.2) is 5.65 Å². The number of aromatic nitrogens is 3. The molecule has 2 N–H and O–H groups in total. The summed E-state index contributed by atoms with van der Waals surface area (Å²) in [6.07, 6.45) is 3.50. The minimum Gasteiger partial charge on any atom is -0.444 e. The van der Waals surface area contributed by atoms with Crippen molar-refractivity contribution in [1.82, 2.24) is 24.8 Å². The number of carbonyl (C=O) groups is 2. The van der Waals surface area contributed by atoms with Crippen LogP contribution in [-0.2, 0) is 25.7 Å². The number of carbonyl (C=O) groups excluding carboxylic acids is 2. The molecular formula is C28H50N6O6SSi. The molecule has 0 aromatic carbocycles. The van der Waals surface area contributed by atoms with Crippen molar-refractivity contribution in [2.24, 2.45) is 0 Å². The first-order chi connectivity index (χ1) is 19.2. The number of methoxy groups -OCH3 is 2. The third kappa shape index (κ3) is 10.4. The lowest BCUT2D eigenvalue weighted by Crippen LogP contribution is -2.53. The number of hydrogen-bond donors (Lipinski definition) is 2. The van der Waals surface area contributed by atoms with Gasteiger partial charge in [-0.3, -0.25) is 4.79 Å². The molecule has 1 aliphatic rings. The summed E-state index contributed by atoms with van der Waals surface area (Å²) in [5, 5.41) is 6.36. The number of ether oxygens (including phenoxy) is 4. The first-order valence-corrected chi connectivity index (χ1v) is 17.9. The van der Waals surface area contributed by atoms with Gasteiger partial charge < -0.3 is 39.0 Å². The molecule has 2 aromatic heterocycles. The first-order valence-electron chi connectivity index (χ1n) is 14.2. The van der Waals surface area contributed by atoms with E-state index < -0.39 is 13.7 Å². The Morgan fingerprint density at radius 1 is 1.21 bits per heavy atom. The Kier molecular flexibility index (Phi) is 13.1. The number of nitrogens with one attached hydrogen (secondary N) is 2. The number of anilines is 1. The van der Waals surface area contributed by atoms with Crippen molar-refractivity contribution >= 4 is 50.6 Å². The Morgan fingerprint density at radius 3 is 2.55 bits per heavy atom. The molecule has 0 bridgehead atoms. The number of piperidine rings is 1. The van der Waals surface area contributed by atoms with E-state index in [1.807, 2.05) is 32.3 Å². The molecule has 0 spiro atoms. The second-order valence-corrected chi connectivity index (χ2v) is 18.5. The lowest BCUT2D eigenvalue weighted by Gasteiger charge is -2.38. The van der Waals surface area contributed by atoms with Gasteiger partial charge in [-0.15, -0.1) is 0 Å². The van der Waals surface area contributed by atoms with Crippen LogP contribution in [0.3, 0.4) is 0 Å². The van der Waals surface area contributed by atoms with Gasteiger partial charge in [0.2, 0.25) is 0 Å². The number of nitrogens with zero attached hydrogens (tertiary/aromatic N) is 4. The number of rotatable bonds is 12. The van der Waals surface area contributed by atoms with Gasteiger partial charge in [-0.05, 0) is 40.2 Å². The summed E-state index contributed by atoms with van der Waals surface area (Å²) in [5.74, 6) is 0.211. The fourth-order valence-corrected chi connectivity index (χ4v) is 5.31. The lowest BCUT2D eigenvalue weighted by molar-refractivity contribution is -0.00286. The molecule has 0 radical (unpaired) electrons. The topological polar surface area (TPSA) is 129 Å². The molecule has 2 amide bonds. The van der Waals surface area contributed by atoms with Crippen molar-refractivity contribution in [3.63, 3.8) is 0 Å². The van der Waals surface area contributed by atoms with E-state index in [9.17, 15) is 9.59 Å². The average Bonchev–Trinajstić information content (AvgIpc) is 3.23. The summed E-state index contributed by atoms with van der Waals surface area (Å²) in [5.41, 5.74) is 0.822. The molecule has 1 saturated heterocycles. The highest BCUT2D eigenvalue weighted by atomic mass is 32.1. The molecule has 2 aromatic rings. The Bertz CT molecular complexity index is 1180. The zero-order valence-corrected chi connectivity index (χ0v) is 28.6. The van der Waals surface area contributed by atoms with Gasteiger partial charge in [-0.2, -0.15) is 13.5 Å². The number of likely N-dealkylation sites (tertiary alicyclic amines) is 1. The van der Waals surface area contributed by atoms with Gasteiger partial charge in [0.25, 0.3) is 5.91 Å². The Balaban J connectivity index is 0.00000616. The highest BCUT2D eigenvalue weighted by Gasteiger charge is 2.34. The van der Waals surface area contributed by atoms with Crippen LogP contribution in [0.4, 0.5) is 10.6 Å². The van der Waals surface area contributed by atoms with Crippen LogP contribution in [0.5, 0.6) is 0 Å². The van der Waals surface area contributed by atoms with Gasteiger partial charge >= 0.3 is 6.09 Å². The van der Waals surface area contributed by atoms with Crippen molar-refractivity contribution in [3.8, 4) is 0 Å². The predicted molar refractivity (Wildman–Crippen MR) is 171 cm³/mol. The van der Waals surface area contributed by atoms with Gasteiger partial charge in [0.05, 0.1) is 30.5 Å². The summed E-state index contributed by atoms with van der Waals surface area (Å²) < 4.78 is 24.3. The summed E-state index contributed by atoms with van der Waals surface area (Å²) >= 11 is 0. The largest absolute Gasteiger partial charge is 0.444 e. The zero-order valence-electron chi connectivity index (χ0n) is 26.6. The molecule has 3 rings (SSSR count). The fraction of sp³-hybridized carbons (Fsp3) is 0.714. The van der Waals surface area contributed by atoms with E-state index in [4.69, 9.17) is 23.9 Å². The van der Waals surface area contributed by atoms with E-state index in [-0.39, 0.29) is 50.4 Å². The highest BCUT2D eigenvalue weighted by Crippen LogP contribution is 2.24. The Labute approximate surface area is 257 Å². The lowest BCUT2D eigenvalue weighted by atomic mass is 10.0. The number of amides is 2. The van der Waals surface area contributed by atoms with E-state index in [2.05, 4.69) is 35.3 Å². The third-order valence-corrected chi connectivity index (χ3v) is 8.37. The molecule has 42 heavy (non-hydrogen) atoms. The van der Waals surface area contributed by atoms with Crippen LogP contribution < -0.4 is 10.6 Å². The van der Waals surface area contributed by atoms with Crippen molar-refractivity contribution in [2.45, 2.75) is 90.3 Å². The van der Waals surface area contributed by atoms with Crippen molar-refractivity contribution in [3.05, 3.63) is 18.0 Å². The second kappa shape index (κ2) is 15.4. The minimum absolute atomic E-state index is 0. The van der Waals surface area contributed by atoms with Crippen LogP contribution in [0.1, 0.15) is 44.5 Å². The first kappa shape index (κ1) is 35.8. The molecule has 0 unspecified atom stereocenters. The maximum absolute atomic E-state index is 13.3. The Morgan fingerprint density at radius 2 is 1.93 bits per heavy atom. The molecule has 1 aliphatic heterocycles. The molecule has 238 valence electrons. The SMILES string of the molecule is COC[C@H](C)NC(=O)c1cn(COCC[Si](C)(C)C)c2ncc(N[C@H]3CN(C(=O)OC(C)(C)C)CC[C@H]3OC)nc12.S. The van der Waals surface area contributed by atoms with E-state index in [0.717, 1.165) is 6.04 Å². The molecule has 3 heterocycles. The summed E-state index contributed by atoms with van der Waals surface area (Å²) in [6, 6.07) is 0.603. The number of hydrogen-bond acceptors (Lipinski definition) is 9. The van der Waals surface area contributed by atoms with Crippen LogP contribution in [0.25, 0.3) is 11.2 Å².